The number of aryl methyl sites for hydroxylation is 1. The molecule has 0 atom stereocenters. The Balaban J connectivity index is 2.28. The summed E-state index contributed by atoms with van der Waals surface area (Å²) in [6.45, 7) is 5.08. The van der Waals surface area contributed by atoms with Gasteiger partial charge in [0.05, 0.1) is 5.69 Å². The number of aromatic nitrogens is 2. The van der Waals surface area contributed by atoms with Crippen LogP contribution in [0.4, 0.5) is 5.82 Å². The van der Waals surface area contributed by atoms with E-state index in [4.69, 9.17) is 0 Å². The molecule has 0 amide bonds. The van der Waals surface area contributed by atoms with Crippen molar-refractivity contribution in [1.82, 2.24) is 9.97 Å². The van der Waals surface area contributed by atoms with Gasteiger partial charge in [-0.05, 0) is 18.9 Å². The monoisotopic (exact) mass is 227 g/mol. The van der Waals surface area contributed by atoms with Gasteiger partial charge in [-0.3, -0.25) is 0 Å². The average molecular weight is 227 g/mol. The van der Waals surface area contributed by atoms with Crippen LogP contribution >= 0.6 is 0 Å². The predicted octanol–water partition coefficient (Wildman–Crippen LogP) is 3.14. The molecule has 3 heteroatoms. The third kappa shape index (κ3) is 2.81. The molecule has 1 aromatic carbocycles. The van der Waals surface area contributed by atoms with Crippen LogP contribution in [-0.4, -0.2) is 16.5 Å². The van der Waals surface area contributed by atoms with Gasteiger partial charge in [-0.1, -0.05) is 31.2 Å². The number of hydrogen-bond acceptors (Lipinski definition) is 3. The van der Waals surface area contributed by atoms with Crippen LogP contribution in [0.1, 0.15) is 19.4 Å². The van der Waals surface area contributed by atoms with Crippen molar-refractivity contribution in [2.45, 2.75) is 20.3 Å². The zero-order chi connectivity index (χ0) is 12.1. The van der Waals surface area contributed by atoms with Crippen molar-refractivity contribution in [3.8, 4) is 11.3 Å². The van der Waals surface area contributed by atoms with Crippen molar-refractivity contribution >= 4 is 5.82 Å². The molecule has 0 saturated carbocycles. The van der Waals surface area contributed by atoms with Crippen molar-refractivity contribution in [1.29, 1.82) is 0 Å². The second-order valence-electron chi connectivity index (χ2n) is 3.87. The number of rotatable bonds is 4. The first-order valence-electron chi connectivity index (χ1n) is 5.98. The van der Waals surface area contributed by atoms with Gasteiger partial charge in [-0.15, -0.1) is 0 Å². The number of anilines is 1. The largest absolute Gasteiger partial charge is 0.370 e. The second kappa shape index (κ2) is 5.43. The minimum Gasteiger partial charge on any atom is -0.370 e. The molecule has 0 fully saturated rings. The van der Waals surface area contributed by atoms with E-state index in [9.17, 15) is 0 Å². The van der Waals surface area contributed by atoms with E-state index in [1.54, 1.807) is 6.33 Å². The minimum atomic E-state index is 0.866. The Morgan fingerprint density at radius 3 is 2.47 bits per heavy atom. The Morgan fingerprint density at radius 1 is 1.06 bits per heavy atom. The highest BCUT2D eigenvalue weighted by atomic mass is 15.0. The van der Waals surface area contributed by atoms with E-state index in [2.05, 4.69) is 53.4 Å². The van der Waals surface area contributed by atoms with Crippen LogP contribution in [0.5, 0.6) is 0 Å². The summed E-state index contributed by atoms with van der Waals surface area (Å²) in [6.07, 6.45) is 2.66. The first kappa shape index (κ1) is 11.6. The van der Waals surface area contributed by atoms with E-state index in [0.29, 0.717) is 0 Å². The highest BCUT2D eigenvalue weighted by Gasteiger charge is 2.01. The first-order valence-corrected chi connectivity index (χ1v) is 5.98. The molecule has 0 saturated heterocycles. The maximum atomic E-state index is 4.30. The van der Waals surface area contributed by atoms with Gasteiger partial charge in [0.25, 0.3) is 0 Å². The van der Waals surface area contributed by atoms with E-state index in [-0.39, 0.29) is 0 Å². The summed E-state index contributed by atoms with van der Waals surface area (Å²) in [6, 6.07) is 10.5. The molecule has 88 valence electrons. The molecule has 0 radical (unpaired) electrons. The van der Waals surface area contributed by atoms with Gasteiger partial charge < -0.3 is 5.32 Å². The molecule has 2 aromatic rings. The van der Waals surface area contributed by atoms with Gasteiger partial charge in [-0.2, -0.15) is 0 Å². The number of nitrogens with one attached hydrogen (secondary N) is 1. The smallest absolute Gasteiger partial charge is 0.129 e. The molecule has 0 bridgehead atoms. The summed E-state index contributed by atoms with van der Waals surface area (Å²) < 4.78 is 0. The molecule has 0 aliphatic carbocycles. The molecule has 1 N–H and O–H groups in total. The molecule has 17 heavy (non-hydrogen) atoms. The number of benzene rings is 1. The second-order valence-corrected chi connectivity index (χ2v) is 3.87. The van der Waals surface area contributed by atoms with Gasteiger partial charge in [0.1, 0.15) is 12.1 Å². The molecule has 1 heterocycles. The van der Waals surface area contributed by atoms with Crippen molar-refractivity contribution in [2.75, 3.05) is 11.9 Å². The van der Waals surface area contributed by atoms with Crippen LogP contribution in [0.15, 0.2) is 36.7 Å². The van der Waals surface area contributed by atoms with Crippen molar-refractivity contribution in [2.24, 2.45) is 0 Å². The van der Waals surface area contributed by atoms with E-state index in [0.717, 1.165) is 30.0 Å². The van der Waals surface area contributed by atoms with Crippen LogP contribution in [-0.2, 0) is 6.42 Å². The van der Waals surface area contributed by atoms with E-state index in [1.807, 2.05) is 6.07 Å². The lowest BCUT2D eigenvalue weighted by Crippen LogP contribution is -1.99. The Morgan fingerprint density at radius 2 is 1.82 bits per heavy atom. The molecule has 0 unspecified atom stereocenters. The predicted molar refractivity (Wildman–Crippen MR) is 71.0 cm³/mol. The Hall–Kier alpha value is -1.90. The lowest BCUT2D eigenvalue weighted by atomic mass is 10.1. The summed E-state index contributed by atoms with van der Waals surface area (Å²) in [5.41, 5.74) is 3.43. The van der Waals surface area contributed by atoms with Gasteiger partial charge in [0.15, 0.2) is 0 Å². The van der Waals surface area contributed by atoms with Crippen molar-refractivity contribution in [3.63, 3.8) is 0 Å². The minimum absolute atomic E-state index is 0.866. The number of hydrogen-bond donors (Lipinski definition) is 1. The normalized spacial score (nSPS) is 10.2. The summed E-state index contributed by atoms with van der Waals surface area (Å²) in [7, 11) is 0. The summed E-state index contributed by atoms with van der Waals surface area (Å²) in [5, 5.41) is 3.19. The van der Waals surface area contributed by atoms with Crippen molar-refractivity contribution < 1.29 is 0 Å². The molecular formula is C14H17N3. The van der Waals surface area contributed by atoms with Gasteiger partial charge >= 0.3 is 0 Å². The fraction of sp³-hybridized carbons (Fsp3) is 0.286. The highest BCUT2D eigenvalue weighted by Crippen LogP contribution is 2.19. The Kier molecular flexibility index (Phi) is 3.70. The Labute approximate surface area is 102 Å². The lowest BCUT2D eigenvalue weighted by molar-refractivity contribution is 1.11. The number of nitrogens with zero attached hydrogens (tertiary/aromatic N) is 2. The molecule has 0 spiro atoms. The molecular weight excluding hydrogens is 210 g/mol. The highest BCUT2D eigenvalue weighted by molar-refractivity contribution is 5.62. The molecule has 0 aliphatic heterocycles. The van der Waals surface area contributed by atoms with Gasteiger partial charge in [-0.25, -0.2) is 9.97 Å². The maximum Gasteiger partial charge on any atom is 0.129 e. The average Bonchev–Trinajstić information content (AvgIpc) is 2.40. The standard InChI is InChI=1S/C14H17N3/c1-3-11-5-7-12(8-6-11)13-9-14(15-4-2)17-10-16-13/h5-10H,3-4H2,1-2H3,(H,15,16,17). The van der Waals surface area contributed by atoms with Crippen LogP contribution in [0, 0.1) is 0 Å². The van der Waals surface area contributed by atoms with Crippen LogP contribution < -0.4 is 5.32 Å². The van der Waals surface area contributed by atoms with Crippen molar-refractivity contribution in [3.05, 3.63) is 42.2 Å². The summed E-state index contributed by atoms with van der Waals surface area (Å²) in [4.78, 5) is 8.46. The first-order chi connectivity index (χ1) is 8.33. The maximum absolute atomic E-state index is 4.30. The topological polar surface area (TPSA) is 37.8 Å². The third-order valence-corrected chi connectivity index (χ3v) is 2.68. The fourth-order valence-electron chi connectivity index (χ4n) is 1.70. The zero-order valence-electron chi connectivity index (χ0n) is 10.3. The van der Waals surface area contributed by atoms with Crippen LogP contribution in [0.3, 0.4) is 0 Å². The zero-order valence-corrected chi connectivity index (χ0v) is 10.3. The van der Waals surface area contributed by atoms with Gasteiger partial charge in [0, 0.05) is 18.2 Å². The SMILES string of the molecule is CCNc1cc(-c2ccc(CC)cc2)ncn1. The van der Waals surface area contributed by atoms with Gasteiger partial charge in [0.2, 0.25) is 0 Å². The molecule has 0 aliphatic rings. The quantitative estimate of drug-likeness (QED) is 0.872. The third-order valence-electron chi connectivity index (χ3n) is 2.68. The van der Waals surface area contributed by atoms with Crippen LogP contribution in [0.25, 0.3) is 11.3 Å². The van der Waals surface area contributed by atoms with Crippen LogP contribution in [0.2, 0.25) is 0 Å². The Bertz CT molecular complexity index is 477. The summed E-state index contributed by atoms with van der Waals surface area (Å²) >= 11 is 0. The molecule has 2 rings (SSSR count). The van der Waals surface area contributed by atoms with E-state index >= 15 is 0 Å². The fourth-order valence-corrected chi connectivity index (χ4v) is 1.70. The lowest BCUT2D eigenvalue weighted by Gasteiger charge is -2.05. The summed E-state index contributed by atoms with van der Waals surface area (Å²) in [5.74, 6) is 0.872. The molecule has 3 nitrogen and oxygen atoms in total. The van der Waals surface area contributed by atoms with E-state index in [1.165, 1.54) is 5.56 Å². The van der Waals surface area contributed by atoms with E-state index < -0.39 is 0 Å². The molecule has 1 aromatic heterocycles.